The van der Waals surface area contributed by atoms with Gasteiger partial charge in [-0.1, -0.05) is 18.2 Å². The van der Waals surface area contributed by atoms with E-state index in [9.17, 15) is 4.79 Å². The van der Waals surface area contributed by atoms with Gasteiger partial charge in [-0.3, -0.25) is 4.79 Å². The van der Waals surface area contributed by atoms with Crippen molar-refractivity contribution in [3.8, 4) is 10.6 Å². The molecule has 0 saturated carbocycles. The van der Waals surface area contributed by atoms with Gasteiger partial charge in [0.2, 0.25) is 0 Å². The molecule has 0 aliphatic heterocycles. The molecule has 0 unspecified atom stereocenters. The minimum absolute atomic E-state index is 0.107. The number of anilines is 1. The van der Waals surface area contributed by atoms with Crippen LogP contribution in [-0.2, 0) is 0 Å². The summed E-state index contributed by atoms with van der Waals surface area (Å²) in [5, 5.41) is 5.80. The lowest BCUT2D eigenvalue weighted by molar-refractivity contribution is 0.102. The van der Waals surface area contributed by atoms with Crippen LogP contribution in [0.15, 0.2) is 60.1 Å². The minimum atomic E-state index is -0.107. The molecule has 3 rings (SSSR count). The van der Waals surface area contributed by atoms with E-state index >= 15 is 0 Å². The summed E-state index contributed by atoms with van der Waals surface area (Å²) in [5.74, 6) is -0.107. The van der Waals surface area contributed by atoms with Crippen molar-refractivity contribution in [2.24, 2.45) is 0 Å². The third-order valence-electron chi connectivity index (χ3n) is 2.89. The van der Waals surface area contributed by atoms with Crippen LogP contribution in [-0.4, -0.2) is 10.9 Å². The Labute approximate surface area is 140 Å². The second-order valence-corrected chi connectivity index (χ2v) is 6.52. The normalized spacial score (nSPS) is 10.3. The number of halogens is 1. The van der Waals surface area contributed by atoms with E-state index in [4.69, 9.17) is 0 Å². The Morgan fingerprint density at radius 3 is 2.76 bits per heavy atom. The first-order valence-electron chi connectivity index (χ1n) is 6.29. The molecule has 1 amide bonds. The Morgan fingerprint density at radius 2 is 2.00 bits per heavy atom. The Balaban J connectivity index is 1.82. The van der Waals surface area contributed by atoms with Gasteiger partial charge in [-0.25, -0.2) is 4.98 Å². The average molecular weight is 406 g/mol. The minimum Gasteiger partial charge on any atom is -0.322 e. The van der Waals surface area contributed by atoms with E-state index in [2.05, 4.69) is 32.9 Å². The molecule has 1 heterocycles. The topological polar surface area (TPSA) is 42.0 Å². The molecule has 1 aromatic heterocycles. The van der Waals surface area contributed by atoms with E-state index < -0.39 is 0 Å². The van der Waals surface area contributed by atoms with Gasteiger partial charge in [-0.2, -0.15) is 0 Å². The zero-order valence-electron chi connectivity index (χ0n) is 10.9. The number of rotatable bonds is 3. The molecule has 3 nitrogen and oxygen atoms in total. The van der Waals surface area contributed by atoms with E-state index in [1.165, 1.54) is 0 Å². The molecule has 5 heteroatoms. The van der Waals surface area contributed by atoms with Gasteiger partial charge in [0.1, 0.15) is 5.01 Å². The number of nitrogens with one attached hydrogen (secondary N) is 1. The van der Waals surface area contributed by atoms with Crippen molar-refractivity contribution < 1.29 is 4.79 Å². The van der Waals surface area contributed by atoms with Gasteiger partial charge in [0.25, 0.3) is 5.91 Å². The predicted octanol–water partition coefficient (Wildman–Crippen LogP) is 4.67. The molecule has 0 spiro atoms. The molecule has 2 aromatic carbocycles. The summed E-state index contributed by atoms with van der Waals surface area (Å²) in [5.41, 5.74) is 2.43. The second-order valence-electron chi connectivity index (χ2n) is 4.38. The van der Waals surface area contributed by atoms with Crippen LogP contribution in [0.1, 0.15) is 10.4 Å². The van der Waals surface area contributed by atoms with Gasteiger partial charge in [0, 0.05) is 32.0 Å². The standard InChI is InChI=1S/C16H11IN2OS/c17-13-5-1-3-11(9-13)15(20)19-14-6-2-4-12(10-14)16-18-7-8-21-16/h1-10H,(H,19,20). The number of amides is 1. The summed E-state index contributed by atoms with van der Waals surface area (Å²) in [6.07, 6.45) is 1.77. The van der Waals surface area contributed by atoms with Crippen molar-refractivity contribution in [1.29, 1.82) is 0 Å². The fraction of sp³-hybridized carbons (Fsp3) is 0. The lowest BCUT2D eigenvalue weighted by Crippen LogP contribution is -2.11. The fourth-order valence-corrected chi connectivity index (χ4v) is 3.11. The maximum absolute atomic E-state index is 12.2. The van der Waals surface area contributed by atoms with E-state index in [0.29, 0.717) is 5.56 Å². The van der Waals surface area contributed by atoms with Crippen LogP contribution in [0, 0.1) is 3.57 Å². The number of hydrogen-bond donors (Lipinski definition) is 1. The largest absolute Gasteiger partial charge is 0.322 e. The van der Waals surface area contributed by atoms with Gasteiger partial charge in [0.05, 0.1) is 0 Å². The summed E-state index contributed by atoms with van der Waals surface area (Å²) in [6, 6.07) is 15.2. The number of benzene rings is 2. The summed E-state index contributed by atoms with van der Waals surface area (Å²) in [6.45, 7) is 0. The fourth-order valence-electron chi connectivity index (χ4n) is 1.93. The van der Waals surface area contributed by atoms with Crippen molar-refractivity contribution in [1.82, 2.24) is 4.98 Å². The number of nitrogens with zero attached hydrogens (tertiary/aromatic N) is 1. The van der Waals surface area contributed by atoms with Crippen LogP contribution in [0.3, 0.4) is 0 Å². The molecular formula is C16H11IN2OS. The molecule has 3 aromatic rings. The Hall–Kier alpha value is -1.73. The number of aromatic nitrogens is 1. The SMILES string of the molecule is O=C(Nc1cccc(-c2nccs2)c1)c1cccc(I)c1. The number of carbonyl (C=O) groups is 1. The Morgan fingerprint density at radius 1 is 1.14 bits per heavy atom. The molecule has 0 radical (unpaired) electrons. The van der Waals surface area contributed by atoms with Gasteiger partial charge in [-0.05, 0) is 52.9 Å². The lowest BCUT2D eigenvalue weighted by Gasteiger charge is -2.07. The second kappa shape index (κ2) is 6.36. The molecular weight excluding hydrogens is 395 g/mol. The van der Waals surface area contributed by atoms with E-state index in [0.717, 1.165) is 19.8 Å². The monoisotopic (exact) mass is 406 g/mol. The highest BCUT2D eigenvalue weighted by atomic mass is 127. The quantitative estimate of drug-likeness (QED) is 0.643. The highest BCUT2D eigenvalue weighted by Crippen LogP contribution is 2.24. The zero-order valence-corrected chi connectivity index (χ0v) is 13.9. The van der Waals surface area contributed by atoms with Gasteiger partial charge in [0.15, 0.2) is 0 Å². The Kier molecular flexibility index (Phi) is 4.31. The number of hydrogen-bond acceptors (Lipinski definition) is 3. The highest BCUT2D eigenvalue weighted by Gasteiger charge is 2.07. The molecule has 0 fully saturated rings. The molecule has 0 aliphatic rings. The third kappa shape index (κ3) is 3.48. The average Bonchev–Trinajstić information content (AvgIpc) is 3.02. The number of carbonyl (C=O) groups excluding carboxylic acids is 1. The van der Waals surface area contributed by atoms with Crippen molar-refractivity contribution in [2.45, 2.75) is 0 Å². The van der Waals surface area contributed by atoms with Crippen LogP contribution in [0.5, 0.6) is 0 Å². The van der Waals surface area contributed by atoms with Crippen LogP contribution in [0.25, 0.3) is 10.6 Å². The molecule has 21 heavy (non-hydrogen) atoms. The zero-order chi connectivity index (χ0) is 14.7. The predicted molar refractivity (Wildman–Crippen MR) is 94.7 cm³/mol. The van der Waals surface area contributed by atoms with Gasteiger partial charge >= 0.3 is 0 Å². The van der Waals surface area contributed by atoms with Crippen LogP contribution in [0.4, 0.5) is 5.69 Å². The van der Waals surface area contributed by atoms with Crippen LogP contribution in [0.2, 0.25) is 0 Å². The summed E-state index contributed by atoms with van der Waals surface area (Å²) >= 11 is 3.77. The molecule has 0 aliphatic carbocycles. The lowest BCUT2D eigenvalue weighted by atomic mass is 10.2. The molecule has 0 atom stereocenters. The molecule has 1 N–H and O–H groups in total. The summed E-state index contributed by atoms with van der Waals surface area (Å²) in [4.78, 5) is 16.5. The van der Waals surface area contributed by atoms with Crippen LogP contribution >= 0.6 is 33.9 Å². The maximum Gasteiger partial charge on any atom is 0.255 e. The summed E-state index contributed by atoms with van der Waals surface area (Å²) in [7, 11) is 0. The van der Waals surface area contributed by atoms with Crippen molar-refractivity contribution in [3.63, 3.8) is 0 Å². The highest BCUT2D eigenvalue weighted by molar-refractivity contribution is 14.1. The van der Waals surface area contributed by atoms with E-state index in [-0.39, 0.29) is 5.91 Å². The summed E-state index contributed by atoms with van der Waals surface area (Å²) < 4.78 is 1.04. The first kappa shape index (κ1) is 14.2. The first-order valence-corrected chi connectivity index (χ1v) is 8.25. The van der Waals surface area contributed by atoms with Gasteiger partial charge < -0.3 is 5.32 Å². The maximum atomic E-state index is 12.2. The third-order valence-corrected chi connectivity index (χ3v) is 4.38. The number of thiazole rings is 1. The Bertz CT molecular complexity index is 771. The van der Waals surface area contributed by atoms with E-state index in [1.54, 1.807) is 17.5 Å². The van der Waals surface area contributed by atoms with Crippen molar-refractivity contribution in [2.75, 3.05) is 5.32 Å². The smallest absolute Gasteiger partial charge is 0.255 e. The molecule has 0 saturated heterocycles. The first-order chi connectivity index (χ1) is 10.2. The van der Waals surface area contributed by atoms with E-state index in [1.807, 2.05) is 53.9 Å². The molecule has 104 valence electrons. The van der Waals surface area contributed by atoms with Crippen molar-refractivity contribution >= 4 is 45.5 Å². The van der Waals surface area contributed by atoms with Gasteiger partial charge in [-0.15, -0.1) is 11.3 Å². The van der Waals surface area contributed by atoms with Crippen molar-refractivity contribution in [3.05, 3.63) is 69.2 Å². The molecule has 0 bridgehead atoms. The van der Waals surface area contributed by atoms with Crippen LogP contribution < -0.4 is 5.32 Å².